The number of nitriles is 1. The van der Waals surface area contributed by atoms with Crippen LogP contribution in [0.1, 0.15) is 22.6 Å². The van der Waals surface area contributed by atoms with Crippen LogP contribution in [0.5, 0.6) is 0 Å². The molecule has 4 rings (SSSR count). The number of hydrogen-bond acceptors (Lipinski definition) is 4. The Morgan fingerprint density at radius 3 is 2.61 bits per heavy atom. The molecular formula is C24H25N3O. The summed E-state index contributed by atoms with van der Waals surface area (Å²) in [6, 6.07) is 17.6. The molecule has 0 fully saturated rings. The van der Waals surface area contributed by atoms with Crippen LogP contribution < -0.4 is 9.80 Å². The average molecular weight is 371 g/mol. The maximum absolute atomic E-state index is 9.51. The normalized spacial score (nSPS) is 21.2. The lowest BCUT2D eigenvalue weighted by molar-refractivity contribution is 0.141. The highest BCUT2D eigenvalue weighted by molar-refractivity contribution is 5.73. The third-order valence-electron chi connectivity index (χ3n) is 5.45. The Morgan fingerprint density at radius 2 is 1.82 bits per heavy atom. The number of aryl methyl sites for hydroxylation is 1. The van der Waals surface area contributed by atoms with Gasteiger partial charge in [-0.2, -0.15) is 5.26 Å². The van der Waals surface area contributed by atoms with Gasteiger partial charge in [-0.3, -0.25) is 0 Å². The van der Waals surface area contributed by atoms with Gasteiger partial charge in [0.2, 0.25) is 0 Å². The lowest BCUT2D eigenvalue weighted by Gasteiger charge is -2.27. The molecular weight excluding hydrogens is 346 g/mol. The lowest BCUT2D eigenvalue weighted by Crippen LogP contribution is -2.24. The fourth-order valence-electron chi connectivity index (χ4n) is 3.84. The van der Waals surface area contributed by atoms with Gasteiger partial charge in [0.05, 0.1) is 23.4 Å². The first-order valence-electron chi connectivity index (χ1n) is 9.63. The van der Waals surface area contributed by atoms with E-state index in [9.17, 15) is 5.26 Å². The molecule has 0 bridgehead atoms. The van der Waals surface area contributed by atoms with Crippen molar-refractivity contribution >= 4 is 11.4 Å². The van der Waals surface area contributed by atoms with Gasteiger partial charge in [-0.25, -0.2) is 0 Å². The maximum atomic E-state index is 9.51. The van der Waals surface area contributed by atoms with Gasteiger partial charge in [-0.05, 0) is 30.2 Å². The summed E-state index contributed by atoms with van der Waals surface area (Å²) in [6.07, 6.45) is 8.08. The summed E-state index contributed by atoms with van der Waals surface area (Å²) < 4.78 is 5.90. The molecule has 0 saturated carbocycles. The average Bonchev–Trinajstić information content (AvgIpc) is 2.88. The van der Waals surface area contributed by atoms with Crippen LogP contribution in [0.25, 0.3) is 0 Å². The first-order valence-corrected chi connectivity index (χ1v) is 9.63. The van der Waals surface area contributed by atoms with E-state index in [1.807, 2.05) is 18.2 Å². The Labute approximate surface area is 167 Å². The molecule has 1 aliphatic heterocycles. The minimum atomic E-state index is -0.126. The van der Waals surface area contributed by atoms with Crippen molar-refractivity contribution in [3.8, 4) is 6.07 Å². The number of rotatable bonds is 3. The Hall–Kier alpha value is -3.03. The quantitative estimate of drug-likeness (QED) is 0.782. The number of hydrogen-bond donors (Lipinski definition) is 0. The van der Waals surface area contributed by atoms with Gasteiger partial charge >= 0.3 is 0 Å². The fraction of sp³-hybridized carbons (Fsp3) is 0.292. The number of fused-ring (bicyclic) bond motifs is 1. The second-order valence-electron chi connectivity index (χ2n) is 7.54. The summed E-state index contributed by atoms with van der Waals surface area (Å²) in [6.45, 7) is 4.00. The number of benzene rings is 2. The minimum absolute atomic E-state index is 0.0865. The Morgan fingerprint density at radius 1 is 1.04 bits per heavy atom. The van der Waals surface area contributed by atoms with Crippen molar-refractivity contribution in [2.75, 3.05) is 30.3 Å². The fourth-order valence-corrected chi connectivity index (χ4v) is 3.84. The molecule has 0 N–H and O–H groups in total. The number of anilines is 2. The van der Waals surface area contributed by atoms with Gasteiger partial charge in [0.1, 0.15) is 13.5 Å². The van der Waals surface area contributed by atoms with E-state index in [1.54, 1.807) is 0 Å². The smallest absolute Gasteiger partial charge is 0.121 e. The SMILES string of the molecule is Cc1ccc(CN2COCN(C)c3cc(C4C=CC=CC4C#N)ccc32)cc1. The molecule has 0 spiro atoms. The summed E-state index contributed by atoms with van der Waals surface area (Å²) in [5, 5.41) is 9.51. The maximum Gasteiger partial charge on any atom is 0.121 e. The number of ether oxygens (including phenoxy) is 1. The molecule has 0 amide bonds. The number of nitrogens with zero attached hydrogens (tertiary/aromatic N) is 3. The van der Waals surface area contributed by atoms with Crippen LogP contribution in [-0.2, 0) is 11.3 Å². The molecule has 2 unspecified atom stereocenters. The molecule has 2 aliphatic rings. The molecule has 2 aromatic rings. The van der Waals surface area contributed by atoms with Crippen molar-refractivity contribution in [1.82, 2.24) is 0 Å². The lowest BCUT2D eigenvalue weighted by atomic mass is 9.83. The first-order chi connectivity index (χ1) is 13.7. The van der Waals surface area contributed by atoms with Crippen molar-refractivity contribution in [1.29, 1.82) is 5.26 Å². The largest absolute Gasteiger partial charge is 0.350 e. The van der Waals surface area contributed by atoms with E-state index in [0.29, 0.717) is 13.5 Å². The highest BCUT2D eigenvalue weighted by atomic mass is 16.5. The van der Waals surface area contributed by atoms with Gasteiger partial charge in [0.15, 0.2) is 0 Å². The van der Waals surface area contributed by atoms with Gasteiger partial charge in [-0.1, -0.05) is 60.2 Å². The zero-order valence-corrected chi connectivity index (χ0v) is 16.4. The highest BCUT2D eigenvalue weighted by Crippen LogP contribution is 2.38. The molecule has 0 saturated heterocycles. The molecule has 0 radical (unpaired) electrons. The molecule has 2 atom stereocenters. The zero-order chi connectivity index (χ0) is 19.5. The third kappa shape index (κ3) is 3.67. The van der Waals surface area contributed by atoms with Crippen LogP contribution in [0, 0.1) is 24.2 Å². The third-order valence-corrected chi connectivity index (χ3v) is 5.45. The van der Waals surface area contributed by atoms with Crippen LogP contribution >= 0.6 is 0 Å². The first kappa shape index (κ1) is 18.3. The van der Waals surface area contributed by atoms with Gasteiger partial charge in [0, 0.05) is 19.5 Å². The van der Waals surface area contributed by atoms with E-state index in [2.05, 4.69) is 78.4 Å². The summed E-state index contributed by atoms with van der Waals surface area (Å²) in [4.78, 5) is 4.41. The van der Waals surface area contributed by atoms with Crippen LogP contribution in [-0.4, -0.2) is 20.5 Å². The van der Waals surface area contributed by atoms with E-state index in [0.717, 1.165) is 23.5 Å². The molecule has 4 heteroatoms. The molecule has 142 valence electrons. The van der Waals surface area contributed by atoms with Crippen LogP contribution in [0.3, 0.4) is 0 Å². The summed E-state index contributed by atoms with van der Waals surface area (Å²) >= 11 is 0. The monoisotopic (exact) mass is 371 g/mol. The van der Waals surface area contributed by atoms with Gasteiger partial charge in [-0.15, -0.1) is 0 Å². The van der Waals surface area contributed by atoms with Crippen molar-refractivity contribution in [3.63, 3.8) is 0 Å². The minimum Gasteiger partial charge on any atom is -0.350 e. The second-order valence-corrected chi connectivity index (χ2v) is 7.54. The Kier molecular flexibility index (Phi) is 5.18. The topological polar surface area (TPSA) is 39.5 Å². The Balaban J connectivity index is 1.67. The van der Waals surface area contributed by atoms with Gasteiger partial charge < -0.3 is 14.5 Å². The molecule has 4 nitrogen and oxygen atoms in total. The van der Waals surface area contributed by atoms with E-state index in [4.69, 9.17) is 4.74 Å². The van der Waals surface area contributed by atoms with Crippen molar-refractivity contribution in [2.24, 2.45) is 5.92 Å². The van der Waals surface area contributed by atoms with E-state index in [1.165, 1.54) is 11.1 Å². The van der Waals surface area contributed by atoms with Crippen molar-refractivity contribution in [2.45, 2.75) is 19.4 Å². The summed E-state index contributed by atoms with van der Waals surface area (Å²) in [5.41, 5.74) is 5.99. The molecule has 1 aliphatic carbocycles. The molecule has 28 heavy (non-hydrogen) atoms. The van der Waals surface area contributed by atoms with E-state index >= 15 is 0 Å². The van der Waals surface area contributed by atoms with Crippen LogP contribution in [0.2, 0.25) is 0 Å². The van der Waals surface area contributed by atoms with E-state index in [-0.39, 0.29) is 11.8 Å². The molecule has 0 aromatic heterocycles. The zero-order valence-electron chi connectivity index (χ0n) is 16.4. The summed E-state index contributed by atoms with van der Waals surface area (Å²) in [7, 11) is 2.05. The highest BCUT2D eigenvalue weighted by Gasteiger charge is 2.24. The predicted octanol–water partition coefficient (Wildman–Crippen LogP) is 4.73. The molecule has 2 aromatic carbocycles. The number of allylic oxidation sites excluding steroid dienone is 4. The second kappa shape index (κ2) is 7.92. The molecule has 1 heterocycles. The van der Waals surface area contributed by atoms with E-state index < -0.39 is 0 Å². The summed E-state index contributed by atoms with van der Waals surface area (Å²) in [5.74, 6) is -0.0394. The van der Waals surface area contributed by atoms with Crippen molar-refractivity contribution < 1.29 is 4.74 Å². The van der Waals surface area contributed by atoms with Gasteiger partial charge in [0.25, 0.3) is 0 Å². The standard InChI is InChI=1S/C24H25N3O/c1-18-7-9-19(10-8-18)15-27-17-28-16-26(2)24-13-20(11-12-23(24)27)22-6-4-3-5-21(22)14-25/h3-13,21-22H,15-17H2,1-2H3. The predicted molar refractivity (Wildman–Crippen MR) is 113 cm³/mol. The van der Waals surface area contributed by atoms with Crippen LogP contribution in [0.15, 0.2) is 66.8 Å². The van der Waals surface area contributed by atoms with Crippen molar-refractivity contribution in [3.05, 3.63) is 83.5 Å². The van der Waals surface area contributed by atoms with Crippen LogP contribution in [0.4, 0.5) is 11.4 Å². The Bertz CT molecular complexity index is 939.